The van der Waals surface area contributed by atoms with Crippen molar-refractivity contribution in [3.05, 3.63) is 50.6 Å². The molecule has 2 rings (SSSR count). The molecule has 0 saturated carbocycles. The van der Waals surface area contributed by atoms with Gasteiger partial charge in [0.15, 0.2) is 5.78 Å². The number of anilines is 1. The lowest BCUT2D eigenvalue weighted by molar-refractivity contribution is 0.101. The van der Waals surface area contributed by atoms with E-state index in [1.165, 1.54) is 4.88 Å². The number of carbonyl (C=O) groups excluding carboxylic acids is 1. The van der Waals surface area contributed by atoms with Crippen LogP contribution in [-0.2, 0) is 6.54 Å². The lowest BCUT2D eigenvalue weighted by Crippen LogP contribution is -2.21. The summed E-state index contributed by atoms with van der Waals surface area (Å²) in [7, 11) is 0. The van der Waals surface area contributed by atoms with Crippen LogP contribution in [0.15, 0.2) is 40.2 Å². The molecule has 0 aliphatic heterocycles. The number of hydrogen-bond donors (Lipinski definition) is 0. The van der Waals surface area contributed by atoms with E-state index in [4.69, 9.17) is 0 Å². The molecule has 100 valence electrons. The van der Waals surface area contributed by atoms with Gasteiger partial charge in [0.2, 0.25) is 0 Å². The molecular weight excluding hydrogens is 322 g/mol. The highest BCUT2D eigenvalue weighted by molar-refractivity contribution is 9.10. The van der Waals surface area contributed by atoms with Gasteiger partial charge in [-0.3, -0.25) is 4.79 Å². The normalized spacial score (nSPS) is 10.5. The molecule has 4 heteroatoms. The van der Waals surface area contributed by atoms with Crippen molar-refractivity contribution in [2.45, 2.75) is 20.4 Å². The molecule has 2 aromatic rings. The Hall–Kier alpha value is -1.13. The number of Topliss-reactive ketones (excluding diaryl/α,β-unsaturated/α-hetero) is 1. The number of halogens is 1. The van der Waals surface area contributed by atoms with Crippen LogP contribution < -0.4 is 4.90 Å². The third kappa shape index (κ3) is 3.45. The third-order valence-corrected chi connectivity index (χ3v) is 4.52. The van der Waals surface area contributed by atoms with E-state index in [-0.39, 0.29) is 5.78 Å². The average Bonchev–Trinajstić information content (AvgIpc) is 2.88. The Morgan fingerprint density at radius 1 is 1.37 bits per heavy atom. The SMILES string of the molecule is CCN(Cc1cccs1)c1ccc(C(C)=O)c(Br)c1. The largest absolute Gasteiger partial charge is 0.367 e. The molecule has 0 aliphatic rings. The molecule has 0 aliphatic carbocycles. The Balaban J connectivity index is 2.23. The van der Waals surface area contributed by atoms with Gasteiger partial charge in [-0.05, 0) is 59.4 Å². The summed E-state index contributed by atoms with van der Waals surface area (Å²) in [5.74, 6) is 0.0831. The second kappa shape index (κ2) is 6.35. The highest BCUT2D eigenvalue weighted by Gasteiger charge is 2.10. The second-order valence-electron chi connectivity index (χ2n) is 4.31. The van der Waals surface area contributed by atoms with E-state index in [2.05, 4.69) is 45.3 Å². The summed E-state index contributed by atoms with van der Waals surface area (Å²) in [4.78, 5) is 15.1. The monoisotopic (exact) mass is 337 g/mol. The number of thiophene rings is 1. The molecule has 0 amide bonds. The summed E-state index contributed by atoms with van der Waals surface area (Å²) in [6.45, 7) is 5.56. The number of ketones is 1. The minimum absolute atomic E-state index is 0.0831. The van der Waals surface area contributed by atoms with Gasteiger partial charge in [0.05, 0.1) is 6.54 Å². The molecule has 0 bridgehead atoms. The van der Waals surface area contributed by atoms with Gasteiger partial charge >= 0.3 is 0 Å². The van der Waals surface area contributed by atoms with Gasteiger partial charge < -0.3 is 4.90 Å². The number of rotatable bonds is 5. The fraction of sp³-hybridized carbons (Fsp3) is 0.267. The van der Waals surface area contributed by atoms with Crippen molar-refractivity contribution in [1.82, 2.24) is 0 Å². The van der Waals surface area contributed by atoms with Gasteiger partial charge in [0.25, 0.3) is 0 Å². The zero-order valence-electron chi connectivity index (χ0n) is 11.0. The maximum Gasteiger partial charge on any atom is 0.160 e. The summed E-state index contributed by atoms with van der Waals surface area (Å²) >= 11 is 5.24. The van der Waals surface area contributed by atoms with Crippen LogP contribution in [0.1, 0.15) is 29.1 Å². The Kier molecular flexibility index (Phi) is 4.77. The highest BCUT2D eigenvalue weighted by atomic mass is 79.9. The van der Waals surface area contributed by atoms with Crippen molar-refractivity contribution in [3.63, 3.8) is 0 Å². The zero-order chi connectivity index (χ0) is 13.8. The fourth-order valence-electron chi connectivity index (χ4n) is 1.96. The Bertz CT molecular complexity index is 566. The predicted octanol–water partition coefficient (Wildman–Crippen LogP) is 4.74. The minimum Gasteiger partial charge on any atom is -0.367 e. The van der Waals surface area contributed by atoms with Crippen LogP contribution in [-0.4, -0.2) is 12.3 Å². The Morgan fingerprint density at radius 3 is 2.68 bits per heavy atom. The molecule has 19 heavy (non-hydrogen) atoms. The number of nitrogens with zero attached hydrogens (tertiary/aromatic N) is 1. The molecule has 0 radical (unpaired) electrons. The van der Waals surface area contributed by atoms with Gasteiger partial charge in [-0.2, -0.15) is 0 Å². The summed E-state index contributed by atoms with van der Waals surface area (Å²) < 4.78 is 0.863. The van der Waals surface area contributed by atoms with Gasteiger partial charge in [-0.25, -0.2) is 0 Å². The second-order valence-corrected chi connectivity index (χ2v) is 6.20. The average molecular weight is 338 g/mol. The molecule has 0 unspecified atom stereocenters. The van der Waals surface area contributed by atoms with Crippen LogP contribution in [0.4, 0.5) is 5.69 Å². The molecule has 0 atom stereocenters. The van der Waals surface area contributed by atoms with Crippen LogP contribution in [0.25, 0.3) is 0 Å². The van der Waals surface area contributed by atoms with Crippen LogP contribution in [0, 0.1) is 0 Å². The standard InChI is InChI=1S/C15H16BrNOS/c1-3-17(10-13-5-4-8-19-13)12-6-7-14(11(2)18)15(16)9-12/h4-9H,3,10H2,1-2H3. The molecule has 1 heterocycles. The van der Waals surface area contributed by atoms with Gasteiger partial charge in [-0.1, -0.05) is 6.07 Å². The quantitative estimate of drug-likeness (QED) is 0.734. The van der Waals surface area contributed by atoms with Crippen molar-refractivity contribution in [2.24, 2.45) is 0 Å². The fourth-order valence-corrected chi connectivity index (χ4v) is 3.33. The van der Waals surface area contributed by atoms with Crippen LogP contribution in [0.3, 0.4) is 0 Å². The maximum absolute atomic E-state index is 11.4. The van der Waals surface area contributed by atoms with Crippen LogP contribution >= 0.6 is 27.3 Å². The van der Waals surface area contributed by atoms with Gasteiger partial charge in [0.1, 0.15) is 0 Å². The van der Waals surface area contributed by atoms with Gasteiger partial charge in [-0.15, -0.1) is 11.3 Å². The smallest absolute Gasteiger partial charge is 0.160 e. The van der Waals surface area contributed by atoms with E-state index in [1.54, 1.807) is 18.3 Å². The molecular formula is C15H16BrNOS. The lowest BCUT2D eigenvalue weighted by atomic mass is 10.1. The molecule has 0 fully saturated rings. The summed E-state index contributed by atoms with van der Waals surface area (Å²) in [5, 5.41) is 2.10. The van der Waals surface area contributed by atoms with Crippen LogP contribution in [0.2, 0.25) is 0 Å². The molecule has 0 N–H and O–H groups in total. The van der Waals surface area contributed by atoms with Crippen molar-refractivity contribution in [1.29, 1.82) is 0 Å². The summed E-state index contributed by atoms with van der Waals surface area (Å²) in [5.41, 5.74) is 1.86. The number of benzene rings is 1. The Morgan fingerprint density at radius 2 is 2.16 bits per heavy atom. The first kappa shape index (κ1) is 14.3. The van der Waals surface area contributed by atoms with Crippen molar-refractivity contribution >= 4 is 38.7 Å². The third-order valence-electron chi connectivity index (χ3n) is 3.01. The topological polar surface area (TPSA) is 20.3 Å². The van der Waals surface area contributed by atoms with E-state index in [1.807, 2.05) is 18.2 Å². The molecule has 0 spiro atoms. The predicted molar refractivity (Wildman–Crippen MR) is 85.2 cm³/mol. The van der Waals surface area contributed by atoms with Crippen molar-refractivity contribution < 1.29 is 4.79 Å². The maximum atomic E-state index is 11.4. The molecule has 0 saturated heterocycles. The van der Waals surface area contributed by atoms with Crippen molar-refractivity contribution in [3.8, 4) is 0 Å². The lowest BCUT2D eigenvalue weighted by Gasteiger charge is -2.23. The van der Waals surface area contributed by atoms with E-state index < -0.39 is 0 Å². The number of hydrogen-bond acceptors (Lipinski definition) is 3. The van der Waals surface area contributed by atoms with E-state index in [0.717, 1.165) is 28.8 Å². The number of carbonyl (C=O) groups is 1. The van der Waals surface area contributed by atoms with E-state index >= 15 is 0 Å². The Labute approximate surface area is 126 Å². The van der Waals surface area contributed by atoms with E-state index in [0.29, 0.717) is 0 Å². The summed E-state index contributed by atoms with van der Waals surface area (Å²) in [6.07, 6.45) is 0. The first-order valence-electron chi connectivity index (χ1n) is 6.19. The first-order chi connectivity index (χ1) is 9.11. The molecule has 1 aromatic carbocycles. The highest BCUT2D eigenvalue weighted by Crippen LogP contribution is 2.26. The summed E-state index contributed by atoms with van der Waals surface area (Å²) in [6, 6.07) is 10.1. The van der Waals surface area contributed by atoms with Crippen LogP contribution in [0.5, 0.6) is 0 Å². The van der Waals surface area contributed by atoms with Crippen molar-refractivity contribution in [2.75, 3.05) is 11.4 Å². The van der Waals surface area contributed by atoms with Gasteiger partial charge in [0, 0.05) is 27.1 Å². The molecule has 1 aromatic heterocycles. The minimum atomic E-state index is 0.0831. The zero-order valence-corrected chi connectivity index (χ0v) is 13.4. The van der Waals surface area contributed by atoms with E-state index in [9.17, 15) is 4.79 Å². The molecule has 2 nitrogen and oxygen atoms in total. The first-order valence-corrected chi connectivity index (χ1v) is 7.87.